The molecule has 2 aromatic heterocycles. The zero-order valence-electron chi connectivity index (χ0n) is 21.4. The summed E-state index contributed by atoms with van der Waals surface area (Å²) in [5.74, 6) is 1.05. The van der Waals surface area contributed by atoms with Crippen molar-refractivity contribution in [3.05, 3.63) is 35.8 Å². The zero-order valence-corrected chi connectivity index (χ0v) is 21.4. The first-order valence-electron chi connectivity index (χ1n) is 11.9. The standard InChI is InChI=1S/C24H30F2N10O/c1-6-19-32-34-35-36(19)17-9-15(7-8-18(17)37-21(25)26)30-22-28-13-14(12-27)20(31-22)29-16-10-23(2,3)33-24(4,5)11-16/h7-9,13,16,21,33H,6,10-11H2,1-5H3,(H2,28,29,30,31). The zero-order chi connectivity index (χ0) is 26.8. The van der Waals surface area contributed by atoms with E-state index in [9.17, 15) is 14.0 Å². The molecule has 4 rings (SSSR count). The van der Waals surface area contributed by atoms with E-state index in [-0.39, 0.29) is 34.5 Å². The molecular weight excluding hydrogens is 482 g/mol. The summed E-state index contributed by atoms with van der Waals surface area (Å²) in [6.45, 7) is 7.42. The summed E-state index contributed by atoms with van der Waals surface area (Å²) in [6, 6.07) is 6.75. The molecule has 1 aromatic carbocycles. The lowest BCUT2D eigenvalue weighted by Gasteiger charge is -2.46. The topological polar surface area (TPSA) is 138 Å². The fourth-order valence-corrected chi connectivity index (χ4v) is 4.95. The van der Waals surface area contributed by atoms with Crippen LogP contribution < -0.4 is 20.7 Å². The number of nitriles is 1. The van der Waals surface area contributed by atoms with Gasteiger partial charge in [0.2, 0.25) is 5.95 Å². The molecule has 0 amide bonds. The SMILES string of the molecule is CCc1nnnn1-c1cc(Nc2ncc(C#N)c(NC3CC(C)(C)NC(C)(C)C3)n2)ccc1OC(F)F. The van der Waals surface area contributed by atoms with Crippen LogP contribution in [0, 0.1) is 11.3 Å². The number of aryl methyl sites for hydroxylation is 1. The van der Waals surface area contributed by atoms with Gasteiger partial charge in [-0.15, -0.1) is 5.10 Å². The molecule has 0 aliphatic carbocycles. The van der Waals surface area contributed by atoms with E-state index in [2.05, 4.69) is 79.9 Å². The second-order valence-corrected chi connectivity index (χ2v) is 10.3. The Morgan fingerprint density at radius 3 is 2.62 bits per heavy atom. The Hall–Kier alpha value is -3.92. The minimum absolute atomic E-state index is 0.0817. The van der Waals surface area contributed by atoms with E-state index in [1.807, 2.05) is 6.92 Å². The van der Waals surface area contributed by atoms with Gasteiger partial charge >= 0.3 is 6.61 Å². The third-order valence-electron chi connectivity index (χ3n) is 5.95. The van der Waals surface area contributed by atoms with E-state index in [1.54, 1.807) is 12.1 Å². The molecule has 3 heterocycles. The highest BCUT2D eigenvalue weighted by Gasteiger charge is 2.38. The average molecular weight is 513 g/mol. The van der Waals surface area contributed by atoms with Crippen LogP contribution in [0.2, 0.25) is 0 Å². The minimum Gasteiger partial charge on any atom is -0.433 e. The molecular formula is C24H30F2N10O. The van der Waals surface area contributed by atoms with Crippen LogP contribution in [0.1, 0.15) is 58.8 Å². The first-order valence-corrected chi connectivity index (χ1v) is 11.9. The molecule has 37 heavy (non-hydrogen) atoms. The van der Waals surface area contributed by atoms with Crippen LogP contribution >= 0.6 is 0 Å². The van der Waals surface area contributed by atoms with Crippen LogP contribution in [0.4, 0.5) is 26.2 Å². The molecule has 13 heteroatoms. The first-order chi connectivity index (χ1) is 17.5. The number of aromatic nitrogens is 6. The molecule has 196 valence electrons. The third kappa shape index (κ3) is 6.26. The predicted octanol–water partition coefficient (Wildman–Crippen LogP) is 3.95. The summed E-state index contributed by atoms with van der Waals surface area (Å²) in [5, 5.41) is 31.3. The van der Waals surface area contributed by atoms with Crippen molar-refractivity contribution in [3.8, 4) is 17.5 Å². The summed E-state index contributed by atoms with van der Waals surface area (Å²) in [6.07, 6.45) is 3.61. The van der Waals surface area contributed by atoms with Gasteiger partial charge < -0.3 is 20.7 Å². The Morgan fingerprint density at radius 2 is 1.97 bits per heavy atom. The number of halogens is 2. The molecule has 0 atom stereocenters. The van der Waals surface area contributed by atoms with E-state index in [4.69, 9.17) is 0 Å². The Morgan fingerprint density at radius 1 is 1.24 bits per heavy atom. The monoisotopic (exact) mass is 512 g/mol. The molecule has 0 bridgehead atoms. The van der Waals surface area contributed by atoms with Gasteiger partial charge in [-0.05, 0) is 69.2 Å². The number of tetrazole rings is 1. The van der Waals surface area contributed by atoms with Gasteiger partial charge in [0.15, 0.2) is 11.6 Å². The largest absolute Gasteiger partial charge is 0.433 e. The van der Waals surface area contributed by atoms with Crippen LogP contribution in [-0.4, -0.2) is 53.9 Å². The van der Waals surface area contributed by atoms with Gasteiger partial charge in [0.05, 0.1) is 6.20 Å². The number of benzene rings is 1. The van der Waals surface area contributed by atoms with Crippen molar-refractivity contribution in [3.63, 3.8) is 0 Å². The van der Waals surface area contributed by atoms with Crippen molar-refractivity contribution in [2.45, 2.75) is 77.6 Å². The normalized spacial score (nSPS) is 16.8. The fourth-order valence-electron chi connectivity index (χ4n) is 4.95. The number of ether oxygens (including phenoxy) is 1. The summed E-state index contributed by atoms with van der Waals surface area (Å²) in [5.41, 5.74) is 0.869. The molecule has 0 spiro atoms. The lowest BCUT2D eigenvalue weighted by atomic mass is 9.79. The van der Waals surface area contributed by atoms with Crippen LogP contribution in [0.15, 0.2) is 24.4 Å². The van der Waals surface area contributed by atoms with Gasteiger partial charge in [-0.2, -0.15) is 23.7 Å². The average Bonchev–Trinajstić information content (AvgIpc) is 3.26. The van der Waals surface area contributed by atoms with E-state index in [1.165, 1.54) is 16.9 Å². The van der Waals surface area contributed by atoms with E-state index in [0.29, 0.717) is 29.3 Å². The number of hydrogen-bond acceptors (Lipinski definition) is 10. The Labute approximate surface area is 213 Å². The predicted molar refractivity (Wildman–Crippen MR) is 133 cm³/mol. The fraction of sp³-hybridized carbons (Fsp3) is 0.500. The molecule has 3 aromatic rings. The highest BCUT2D eigenvalue weighted by Crippen LogP contribution is 2.32. The smallest absolute Gasteiger partial charge is 0.387 e. The van der Waals surface area contributed by atoms with Gasteiger partial charge in [-0.1, -0.05) is 6.92 Å². The van der Waals surface area contributed by atoms with E-state index >= 15 is 0 Å². The second-order valence-electron chi connectivity index (χ2n) is 10.3. The highest BCUT2D eigenvalue weighted by atomic mass is 19.3. The summed E-state index contributed by atoms with van der Waals surface area (Å²) < 4.78 is 32.1. The second kappa shape index (κ2) is 10.2. The van der Waals surface area contributed by atoms with E-state index in [0.717, 1.165) is 12.8 Å². The highest BCUT2D eigenvalue weighted by molar-refractivity contribution is 5.64. The Balaban J connectivity index is 1.62. The van der Waals surface area contributed by atoms with Crippen molar-refractivity contribution in [2.75, 3.05) is 10.6 Å². The molecule has 0 saturated carbocycles. The molecule has 0 radical (unpaired) electrons. The molecule has 1 aliphatic heterocycles. The lowest BCUT2D eigenvalue weighted by molar-refractivity contribution is -0.0499. The lowest BCUT2D eigenvalue weighted by Crippen LogP contribution is -2.60. The van der Waals surface area contributed by atoms with Crippen molar-refractivity contribution in [2.24, 2.45) is 0 Å². The number of hydrogen-bond donors (Lipinski definition) is 3. The summed E-state index contributed by atoms with van der Waals surface area (Å²) >= 11 is 0. The number of anilines is 3. The molecule has 1 saturated heterocycles. The molecule has 3 N–H and O–H groups in total. The number of rotatable bonds is 8. The quantitative estimate of drug-likeness (QED) is 0.406. The molecule has 1 fully saturated rings. The first kappa shape index (κ1) is 26.2. The molecule has 0 unspecified atom stereocenters. The van der Waals surface area contributed by atoms with Crippen molar-refractivity contribution in [1.29, 1.82) is 5.26 Å². The number of nitrogens with one attached hydrogen (secondary N) is 3. The maximum atomic E-state index is 13.0. The molecule has 1 aliphatic rings. The van der Waals surface area contributed by atoms with Crippen LogP contribution in [0.3, 0.4) is 0 Å². The third-order valence-corrected chi connectivity index (χ3v) is 5.95. The van der Waals surface area contributed by atoms with Crippen molar-refractivity contribution in [1.82, 2.24) is 35.5 Å². The maximum Gasteiger partial charge on any atom is 0.387 e. The van der Waals surface area contributed by atoms with Gasteiger partial charge in [0.1, 0.15) is 23.1 Å². The molecule has 11 nitrogen and oxygen atoms in total. The Bertz CT molecular complexity index is 1280. The van der Waals surface area contributed by atoms with Crippen molar-refractivity contribution < 1.29 is 13.5 Å². The Kier molecular flexibility index (Phi) is 7.22. The number of piperidine rings is 1. The van der Waals surface area contributed by atoms with Gasteiger partial charge in [0.25, 0.3) is 0 Å². The number of alkyl halides is 2. The van der Waals surface area contributed by atoms with Gasteiger partial charge in [-0.3, -0.25) is 0 Å². The maximum absolute atomic E-state index is 13.0. The van der Waals surface area contributed by atoms with Crippen LogP contribution in [0.25, 0.3) is 5.69 Å². The van der Waals surface area contributed by atoms with Crippen LogP contribution in [-0.2, 0) is 6.42 Å². The number of nitrogens with zero attached hydrogens (tertiary/aromatic N) is 7. The van der Waals surface area contributed by atoms with Crippen LogP contribution in [0.5, 0.6) is 5.75 Å². The van der Waals surface area contributed by atoms with E-state index < -0.39 is 6.61 Å². The summed E-state index contributed by atoms with van der Waals surface area (Å²) in [7, 11) is 0. The minimum atomic E-state index is -3.01. The van der Waals surface area contributed by atoms with Crippen molar-refractivity contribution >= 4 is 17.5 Å². The van der Waals surface area contributed by atoms with Gasteiger partial charge in [0, 0.05) is 29.2 Å². The summed E-state index contributed by atoms with van der Waals surface area (Å²) in [4.78, 5) is 8.81. The van der Waals surface area contributed by atoms with Gasteiger partial charge in [-0.25, -0.2) is 4.98 Å².